The summed E-state index contributed by atoms with van der Waals surface area (Å²) in [6, 6.07) is 0. The number of hydrogen-bond donors (Lipinski definition) is 1. The van der Waals surface area contributed by atoms with Crippen LogP contribution in [0.25, 0.3) is 0 Å². The Balaban J connectivity index is 2.00. The molecule has 0 spiro atoms. The molecule has 1 N–H and O–H groups in total. The van der Waals surface area contributed by atoms with Crippen molar-refractivity contribution in [3.05, 3.63) is 11.5 Å². The zero-order valence-corrected chi connectivity index (χ0v) is 12.7. The molecule has 1 saturated heterocycles. The second-order valence-electron chi connectivity index (χ2n) is 5.07. The predicted molar refractivity (Wildman–Crippen MR) is 73.6 cm³/mol. The maximum Gasteiger partial charge on any atom is 0.261 e. The smallest absolute Gasteiger partial charge is 0.261 e. The van der Waals surface area contributed by atoms with Gasteiger partial charge in [-0.25, -0.2) is 18.1 Å². The molecule has 6 nitrogen and oxygen atoms in total. The van der Waals surface area contributed by atoms with Gasteiger partial charge >= 0.3 is 0 Å². The second-order valence-corrected chi connectivity index (χ2v) is 7.11. The molecule has 1 unspecified atom stereocenters. The van der Waals surface area contributed by atoms with Crippen molar-refractivity contribution >= 4 is 21.6 Å². The molecule has 1 aliphatic heterocycles. The SMILES string of the molecule is CN1CCCC(CNS(=O)(=O)c2ncn(C)c2Cl)C1. The molecule has 1 aliphatic rings. The number of aromatic nitrogens is 2. The quantitative estimate of drug-likeness (QED) is 0.889. The van der Waals surface area contributed by atoms with Crippen LogP contribution in [0.2, 0.25) is 5.15 Å². The minimum atomic E-state index is -3.62. The van der Waals surface area contributed by atoms with Crippen LogP contribution in [0, 0.1) is 5.92 Å². The van der Waals surface area contributed by atoms with Crippen molar-refractivity contribution in [2.75, 3.05) is 26.7 Å². The van der Waals surface area contributed by atoms with Crippen LogP contribution in [0.15, 0.2) is 11.4 Å². The number of likely N-dealkylation sites (tertiary alicyclic amines) is 1. The van der Waals surface area contributed by atoms with E-state index in [0.717, 1.165) is 25.9 Å². The van der Waals surface area contributed by atoms with Crippen LogP contribution in [0.1, 0.15) is 12.8 Å². The van der Waals surface area contributed by atoms with Crippen molar-refractivity contribution in [1.82, 2.24) is 19.2 Å². The van der Waals surface area contributed by atoms with Gasteiger partial charge < -0.3 is 9.47 Å². The van der Waals surface area contributed by atoms with Gasteiger partial charge in [0.15, 0.2) is 0 Å². The highest BCUT2D eigenvalue weighted by Crippen LogP contribution is 2.19. The highest BCUT2D eigenvalue weighted by molar-refractivity contribution is 7.89. The Labute approximate surface area is 118 Å². The van der Waals surface area contributed by atoms with Gasteiger partial charge in [-0.15, -0.1) is 0 Å². The first-order valence-electron chi connectivity index (χ1n) is 6.25. The number of hydrogen-bond acceptors (Lipinski definition) is 4. The van der Waals surface area contributed by atoms with Gasteiger partial charge in [0.05, 0.1) is 6.33 Å². The molecule has 1 atom stereocenters. The fraction of sp³-hybridized carbons (Fsp3) is 0.727. The van der Waals surface area contributed by atoms with Crippen LogP contribution in [-0.4, -0.2) is 49.6 Å². The molecule has 1 fully saturated rings. The molecule has 2 rings (SSSR count). The first kappa shape index (κ1) is 14.8. The Morgan fingerprint density at radius 1 is 1.53 bits per heavy atom. The van der Waals surface area contributed by atoms with Gasteiger partial charge in [0.2, 0.25) is 5.03 Å². The Morgan fingerprint density at radius 2 is 2.26 bits per heavy atom. The van der Waals surface area contributed by atoms with Gasteiger partial charge in [0.25, 0.3) is 10.0 Å². The minimum Gasteiger partial charge on any atom is -0.324 e. The first-order chi connectivity index (χ1) is 8.90. The van der Waals surface area contributed by atoms with Gasteiger partial charge in [0, 0.05) is 20.1 Å². The van der Waals surface area contributed by atoms with E-state index >= 15 is 0 Å². The lowest BCUT2D eigenvalue weighted by atomic mass is 9.99. The normalized spacial score (nSPS) is 21.7. The summed E-state index contributed by atoms with van der Waals surface area (Å²) in [5.74, 6) is 0.344. The maximum atomic E-state index is 12.1. The number of sulfonamides is 1. The Bertz CT molecular complexity index is 543. The Hall–Kier alpha value is -0.630. The predicted octanol–water partition coefficient (Wildman–Crippen LogP) is 0.694. The molecule has 0 saturated carbocycles. The Kier molecular flexibility index (Phi) is 4.50. The van der Waals surface area contributed by atoms with E-state index in [0.29, 0.717) is 12.5 Å². The lowest BCUT2D eigenvalue weighted by molar-refractivity contribution is 0.211. The van der Waals surface area contributed by atoms with Gasteiger partial charge in [0.1, 0.15) is 5.15 Å². The molecule has 0 aliphatic carbocycles. The molecule has 0 bridgehead atoms. The summed E-state index contributed by atoms with van der Waals surface area (Å²) in [4.78, 5) is 6.05. The summed E-state index contributed by atoms with van der Waals surface area (Å²) in [7, 11) is 0.0897. The van der Waals surface area contributed by atoms with Gasteiger partial charge in [-0.2, -0.15) is 0 Å². The molecule has 8 heteroatoms. The van der Waals surface area contributed by atoms with E-state index in [1.165, 1.54) is 10.9 Å². The van der Waals surface area contributed by atoms with Crippen LogP contribution in [0.3, 0.4) is 0 Å². The molecule has 19 heavy (non-hydrogen) atoms. The largest absolute Gasteiger partial charge is 0.324 e. The number of imidazole rings is 1. The van der Waals surface area contributed by atoms with Crippen LogP contribution in [0.4, 0.5) is 0 Å². The standard InChI is InChI=1S/C11H19ClN4O2S/c1-15-5-3-4-9(7-15)6-14-19(17,18)11-10(12)16(2)8-13-11/h8-9,14H,3-7H2,1-2H3. The summed E-state index contributed by atoms with van der Waals surface area (Å²) in [6.45, 7) is 2.42. The minimum absolute atomic E-state index is 0.0965. The third-order valence-electron chi connectivity index (χ3n) is 3.37. The summed E-state index contributed by atoms with van der Waals surface area (Å²) >= 11 is 5.91. The van der Waals surface area contributed by atoms with Crippen molar-refractivity contribution in [3.8, 4) is 0 Å². The lowest BCUT2D eigenvalue weighted by Crippen LogP contribution is -2.39. The second kappa shape index (κ2) is 5.78. The summed E-state index contributed by atoms with van der Waals surface area (Å²) in [5.41, 5.74) is 0. The van der Waals surface area contributed by atoms with Crippen LogP contribution >= 0.6 is 11.6 Å². The molecule has 108 valence electrons. The monoisotopic (exact) mass is 306 g/mol. The number of aryl methyl sites for hydroxylation is 1. The highest BCUT2D eigenvalue weighted by Gasteiger charge is 2.24. The van der Waals surface area contributed by atoms with Crippen molar-refractivity contribution in [1.29, 1.82) is 0 Å². The van der Waals surface area contributed by atoms with Gasteiger partial charge in [-0.1, -0.05) is 11.6 Å². The van der Waals surface area contributed by atoms with Gasteiger partial charge in [-0.05, 0) is 32.4 Å². The molecular weight excluding hydrogens is 288 g/mol. The molecule has 2 heterocycles. The number of piperidine rings is 1. The van der Waals surface area contributed by atoms with Crippen LogP contribution in [0.5, 0.6) is 0 Å². The maximum absolute atomic E-state index is 12.1. The first-order valence-corrected chi connectivity index (χ1v) is 8.11. The van der Waals surface area contributed by atoms with Crippen molar-refractivity contribution in [2.45, 2.75) is 17.9 Å². The fourth-order valence-corrected chi connectivity index (χ4v) is 3.85. The van der Waals surface area contributed by atoms with Crippen molar-refractivity contribution in [2.24, 2.45) is 13.0 Å². The number of rotatable bonds is 4. The van der Waals surface area contributed by atoms with Crippen LogP contribution < -0.4 is 4.72 Å². The summed E-state index contributed by atoms with van der Waals surface area (Å²) in [5, 5.41) is 0.0362. The van der Waals surface area contributed by atoms with E-state index in [1.807, 2.05) is 0 Å². The van der Waals surface area contributed by atoms with Crippen LogP contribution in [-0.2, 0) is 17.1 Å². The number of nitrogens with one attached hydrogen (secondary N) is 1. The molecule has 0 amide bonds. The van der Waals surface area contributed by atoms with E-state index in [9.17, 15) is 8.42 Å². The zero-order valence-electron chi connectivity index (χ0n) is 11.1. The molecule has 0 aromatic carbocycles. The molecule has 0 radical (unpaired) electrons. The zero-order chi connectivity index (χ0) is 14.0. The Morgan fingerprint density at radius 3 is 2.84 bits per heavy atom. The number of halogens is 1. The molecular formula is C11H19ClN4O2S. The lowest BCUT2D eigenvalue weighted by Gasteiger charge is -2.29. The average molecular weight is 307 g/mol. The topological polar surface area (TPSA) is 67.2 Å². The number of nitrogens with zero attached hydrogens (tertiary/aromatic N) is 3. The third kappa shape index (κ3) is 3.47. The summed E-state index contributed by atoms with van der Waals surface area (Å²) < 4.78 is 28.3. The summed E-state index contributed by atoms with van der Waals surface area (Å²) in [6.07, 6.45) is 3.54. The van der Waals surface area contributed by atoms with Gasteiger partial charge in [-0.3, -0.25) is 0 Å². The van der Waals surface area contributed by atoms with Crippen molar-refractivity contribution < 1.29 is 8.42 Å². The molecule has 1 aromatic heterocycles. The van der Waals surface area contributed by atoms with E-state index in [1.54, 1.807) is 7.05 Å². The molecule has 1 aromatic rings. The average Bonchev–Trinajstić information content (AvgIpc) is 2.68. The van der Waals surface area contributed by atoms with Crippen molar-refractivity contribution in [3.63, 3.8) is 0 Å². The van der Waals surface area contributed by atoms with E-state index in [2.05, 4.69) is 21.7 Å². The highest BCUT2D eigenvalue weighted by atomic mass is 35.5. The van der Waals surface area contributed by atoms with E-state index < -0.39 is 10.0 Å². The van der Waals surface area contributed by atoms with E-state index in [-0.39, 0.29) is 10.2 Å². The fourth-order valence-electron chi connectivity index (χ4n) is 2.31. The van der Waals surface area contributed by atoms with E-state index in [4.69, 9.17) is 11.6 Å². The third-order valence-corrected chi connectivity index (χ3v) is 5.29.